The number of nitrogens with one attached hydrogen (secondary N) is 1. The van der Waals surface area contributed by atoms with E-state index in [1.165, 1.54) is 17.8 Å². The molecule has 0 bridgehead atoms. The van der Waals surface area contributed by atoms with Crippen molar-refractivity contribution < 1.29 is 0 Å². The molecule has 3 heterocycles. The second kappa shape index (κ2) is 5.04. The van der Waals surface area contributed by atoms with E-state index >= 15 is 0 Å². The van der Waals surface area contributed by atoms with Crippen LogP contribution in [-0.4, -0.2) is 28.0 Å². The highest BCUT2D eigenvalue weighted by atomic mass is 32.1. The van der Waals surface area contributed by atoms with E-state index < -0.39 is 0 Å². The molecule has 0 radical (unpaired) electrons. The first-order chi connectivity index (χ1) is 9.88. The summed E-state index contributed by atoms with van der Waals surface area (Å²) in [7, 11) is 0. The van der Waals surface area contributed by atoms with Gasteiger partial charge in [-0.3, -0.25) is 4.90 Å². The number of hydrogen-bond acceptors (Lipinski definition) is 3. The SMILES string of the molecule is c1csc(CN2CCC(c3nc4ccccc4[nH]3)C2)c1. The van der Waals surface area contributed by atoms with Crippen molar-refractivity contribution >= 4 is 22.4 Å². The number of hydrogen-bond donors (Lipinski definition) is 1. The van der Waals surface area contributed by atoms with Gasteiger partial charge in [0.1, 0.15) is 5.82 Å². The third-order valence-electron chi connectivity index (χ3n) is 4.03. The topological polar surface area (TPSA) is 31.9 Å². The molecule has 0 aliphatic carbocycles. The van der Waals surface area contributed by atoms with E-state index in [9.17, 15) is 0 Å². The number of rotatable bonds is 3. The molecule has 4 heteroatoms. The van der Waals surface area contributed by atoms with Gasteiger partial charge in [0.2, 0.25) is 0 Å². The van der Waals surface area contributed by atoms with E-state index in [1.54, 1.807) is 0 Å². The van der Waals surface area contributed by atoms with Gasteiger partial charge in [-0.25, -0.2) is 4.98 Å². The molecule has 0 amide bonds. The third-order valence-corrected chi connectivity index (χ3v) is 4.89. The van der Waals surface area contributed by atoms with Crippen LogP contribution in [0, 0.1) is 0 Å². The lowest BCUT2D eigenvalue weighted by atomic mass is 10.1. The van der Waals surface area contributed by atoms with E-state index in [0.717, 1.165) is 29.9 Å². The molecule has 1 aliphatic rings. The third kappa shape index (κ3) is 2.25. The van der Waals surface area contributed by atoms with Crippen molar-refractivity contribution in [2.24, 2.45) is 0 Å². The molecule has 0 saturated carbocycles. The van der Waals surface area contributed by atoms with E-state index in [0.29, 0.717) is 5.92 Å². The number of benzene rings is 1. The highest BCUT2D eigenvalue weighted by Gasteiger charge is 2.26. The number of imidazole rings is 1. The molecular formula is C16H17N3S. The molecular weight excluding hydrogens is 266 g/mol. The maximum Gasteiger partial charge on any atom is 0.111 e. The highest BCUT2D eigenvalue weighted by Crippen LogP contribution is 2.28. The molecule has 1 N–H and O–H groups in total. The van der Waals surface area contributed by atoms with Crippen molar-refractivity contribution in [3.63, 3.8) is 0 Å². The summed E-state index contributed by atoms with van der Waals surface area (Å²) in [6.45, 7) is 3.35. The molecule has 2 aromatic heterocycles. The Labute approximate surface area is 122 Å². The van der Waals surface area contributed by atoms with Crippen molar-refractivity contribution in [3.05, 3.63) is 52.5 Å². The van der Waals surface area contributed by atoms with Gasteiger partial charge in [-0.2, -0.15) is 0 Å². The fourth-order valence-electron chi connectivity index (χ4n) is 2.99. The Hall–Kier alpha value is -1.65. The molecule has 0 spiro atoms. The molecule has 1 unspecified atom stereocenters. The summed E-state index contributed by atoms with van der Waals surface area (Å²) in [6.07, 6.45) is 1.20. The Morgan fingerprint density at radius 3 is 3.05 bits per heavy atom. The van der Waals surface area contributed by atoms with Gasteiger partial charge in [-0.15, -0.1) is 11.3 Å². The number of aromatic nitrogens is 2. The van der Waals surface area contributed by atoms with E-state index in [2.05, 4.69) is 45.6 Å². The number of para-hydroxylation sites is 2. The van der Waals surface area contributed by atoms with Gasteiger partial charge in [0.15, 0.2) is 0 Å². The van der Waals surface area contributed by atoms with Crippen LogP contribution in [0.4, 0.5) is 0 Å². The van der Waals surface area contributed by atoms with Gasteiger partial charge in [0.05, 0.1) is 11.0 Å². The maximum atomic E-state index is 4.75. The van der Waals surface area contributed by atoms with Crippen LogP contribution in [0.2, 0.25) is 0 Å². The lowest BCUT2D eigenvalue weighted by Gasteiger charge is -2.13. The number of H-pyrrole nitrogens is 1. The Balaban J connectivity index is 1.50. The highest BCUT2D eigenvalue weighted by molar-refractivity contribution is 7.09. The van der Waals surface area contributed by atoms with Crippen LogP contribution in [0.1, 0.15) is 23.0 Å². The van der Waals surface area contributed by atoms with Crippen molar-refractivity contribution in [2.45, 2.75) is 18.9 Å². The zero-order valence-corrected chi connectivity index (χ0v) is 12.1. The van der Waals surface area contributed by atoms with Crippen molar-refractivity contribution in [1.29, 1.82) is 0 Å². The maximum absolute atomic E-state index is 4.75. The molecule has 3 aromatic rings. The largest absolute Gasteiger partial charge is 0.342 e. The van der Waals surface area contributed by atoms with E-state index in [-0.39, 0.29) is 0 Å². The average molecular weight is 283 g/mol. The molecule has 1 aliphatic heterocycles. The van der Waals surface area contributed by atoms with E-state index in [4.69, 9.17) is 4.98 Å². The molecule has 102 valence electrons. The zero-order valence-electron chi connectivity index (χ0n) is 11.2. The minimum atomic E-state index is 0.544. The van der Waals surface area contributed by atoms with Crippen molar-refractivity contribution in [2.75, 3.05) is 13.1 Å². The number of likely N-dealkylation sites (tertiary alicyclic amines) is 1. The molecule has 1 atom stereocenters. The Morgan fingerprint density at radius 2 is 2.20 bits per heavy atom. The van der Waals surface area contributed by atoms with Gasteiger partial charge in [-0.1, -0.05) is 18.2 Å². The fourth-order valence-corrected chi connectivity index (χ4v) is 3.73. The van der Waals surface area contributed by atoms with Crippen molar-refractivity contribution in [3.8, 4) is 0 Å². The molecule has 3 nitrogen and oxygen atoms in total. The summed E-state index contributed by atoms with van der Waals surface area (Å²) >= 11 is 1.85. The van der Waals surface area contributed by atoms with Crippen molar-refractivity contribution in [1.82, 2.24) is 14.9 Å². The summed E-state index contributed by atoms with van der Waals surface area (Å²) < 4.78 is 0. The summed E-state index contributed by atoms with van der Waals surface area (Å²) in [5.74, 6) is 1.70. The van der Waals surface area contributed by atoms with Crippen LogP contribution in [0.3, 0.4) is 0 Å². The van der Waals surface area contributed by atoms with Gasteiger partial charge < -0.3 is 4.98 Å². The second-order valence-corrected chi connectivity index (χ2v) is 6.47. The fraction of sp³-hybridized carbons (Fsp3) is 0.312. The molecule has 1 fully saturated rings. The zero-order chi connectivity index (χ0) is 13.4. The predicted octanol–water partition coefficient (Wildman–Crippen LogP) is 3.61. The standard InChI is InChI=1S/C16H17N3S/c1-2-6-15-14(5-1)17-16(18-15)12-7-8-19(10-12)11-13-4-3-9-20-13/h1-6,9,12H,7-8,10-11H2,(H,17,18). The minimum Gasteiger partial charge on any atom is -0.342 e. The molecule has 1 saturated heterocycles. The van der Waals surface area contributed by atoms with Gasteiger partial charge in [-0.05, 0) is 36.5 Å². The smallest absolute Gasteiger partial charge is 0.111 e. The quantitative estimate of drug-likeness (QED) is 0.796. The van der Waals surface area contributed by atoms with Crippen LogP contribution >= 0.6 is 11.3 Å². The van der Waals surface area contributed by atoms with Crippen LogP contribution in [0.5, 0.6) is 0 Å². The minimum absolute atomic E-state index is 0.544. The summed E-state index contributed by atoms with van der Waals surface area (Å²) in [5, 5.41) is 2.15. The lowest BCUT2D eigenvalue weighted by molar-refractivity contribution is 0.329. The Morgan fingerprint density at radius 1 is 1.25 bits per heavy atom. The lowest BCUT2D eigenvalue weighted by Crippen LogP contribution is -2.19. The van der Waals surface area contributed by atoms with Gasteiger partial charge in [0, 0.05) is 23.9 Å². The summed E-state index contributed by atoms with van der Waals surface area (Å²) in [4.78, 5) is 12.2. The second-order valence-electron chi connectivity index (χ2n) is 5.44. The predicted molar refractivity (Wildman–Crippen MR) is 83.0 cm³/mol. The number of nitrogens with zero attached hydrogens (tertiary/aromatic N) is 2. The van der Waals surface area contributed by atoms with Crippen LogP contribution in [-0.2, 0) is 6.54 Å². The van der Waals surface area contributed by atoms with Crippen LogP contribution < -0.4 is 0 Å². The van der Waals surface area contributed by atoms with Gasteiger partial charge >= 0.3 is 0 Å². The number of thiophene rings is 1. The Bertz CT molecular complexity index is 668. The molecule has 20 heavy (non-hydrogen) atoms. The Kier molecular flexibility index (Phi) is 3.05. The number of aromatic amines is 1. The molecule has 1 aromatic carbocycles. The number of fused-ring (bicyclic) bond motifs is 1. The monoisotopic (exact) mass is 283 g/mol. The van der Waals surface area contributed by atoms with Crippen LogP contribution in [0.15, 0.2) is 41.8 Å². The molecule has 4 rings (SSSR count). The van der Waals surface area contributed by atoms with Crippen LogP contribution in [0.25, 0.3) is 11.0 Å². The summed E-state index contributed by atoms with van der Waals surface area (Å²) in [6, 6.07) is 12.6. The first-order valence-electron chi connectivity index (χ1n) is 7.08. The summed E-state index contributed by atoms with van der Waals surface area (Å²) in [5.41, 5.74) is 2.23. The average Bonchev–Trinajstić information content (AvgIpc) is 3.18. The first kappa shape index (κ1) is 12.1. The van der Waals surface area contributed by atoms with Gasteiger partial charge in [0.25, 0.3) is 0 Å². The first-order valence-corrected chi connectivity index (χ1v) is 7.96. The van der Waals surface area contributed by atoms with E-state index in [1.807, 2.05) is 17.4 Å². The normalized spacial score (nSPS) is 19.9.